The molecule has 3 rings (SSSR count). The van der Waals surface area contributed by atoms with Crippen LogP contribution in [0.25, 0.3) is 0 Å². The number of hydrogen-bond acceptors (Lipinski definition) is 4. The summed E-state index contributed by atoms with van der Waals surface area (Å²) in [7, 11) is 0. The first kappa shape index (κ1) is 20.6. The van der Waals surface area contributed by atoms with Gasteiger partial charge in [0.05, 0.1) is 13.2 Å². The van der Waals surface area contributed by atoms with Gasteiger partial charge in [-0.05, 0) is 42.5 Å². The Morgan fingerprint density at radius 2 is 2.18 bits per heavy atom. The first-order chi connectivity index (χ1) is 13.5. The van der Waals surface area contributed by atoms with E-state index >= 15 is 0 Å². The third-order valence-electron chi connectivity index (χ3n) is 4.60. The average molecular weight is 406 g/mol. The fourth-order valence-electron chi connectivity index (χ4n) is 3.12. The molecule has 0 aliphatic carbocycles. The number of ether oxygens (including phenoxy) is 2. The van der Waals surface area contributed by atoms with Gasteiger partial charge in [0.25, 0.3) is 0 Å². The highest BCUT2D eigenvalue weighted by molar-refractivity contribution is 7.10. The quantitative estimate of drug-likeness (QED) is 0.543. The Morgan fingerprint density at radius 3 is 2.93 bits per heavy atom. The van der Waals surface area contributed by atoms with E-state index in [9.17, 15) is 4.39 Å². The Morgan fingerprint density at radius 1 is 1.32 bits per heavy atom. The van der Waals surface area contributed by atoms with Crippen LogP contribution < -0.4 is 15.4 Å². The Bertz CT molecular complexity index is 806. The van der Waals surface area contributed by atoms with Crippen molar-refractivity contribution in [3.05, 3.63) is 51.5 Å². The zero-order chi connectivity index (χ0) is 20.0. The first-order valence-corrected chi connectivity index (χ1v) is 10.5. The molecule has 0 radical (unpaired) electrons. The number of halogens is 1. The Labute approximate surface area is 170 Å². The van der Waals surface area contributed by atoms with Crippen LogP contribution in [0, 0.1) is 5.82 Å². The maximum absolute atomic E-state index is 13.9. The normalized spacial score (nSPS) is 14.4. The minimum Gasteiger partial charge on any atom is -0.467 e. The van der Waals surface area contributed by atoms with Crippen molar-refractivity contribution in [3.8, 4) is 5.75 Å². The van der Waals surface area contributed by atoms with E-state index in [-0.39, 0.29) is 18.0 Å². The minimum atomic E-state index is -0.263. The number of guanidine groups is 1. The highest BCUT2D eigenvalue weighted by Gasteiger charge is 2.21. The van der Waals surface area contributed by atoms with Crippen LogP contribution in [0.3, 0.4) is 0 Å². The van der Waals surface area contributed by atoms with E-state index in [1.54, 1.807) is 11.3 Å². The van der Waals surface area contributed by atoms with E-state index < -0.39 is 0 Å². The lowest BCUT2D eigenvalue weighted by Crippen LogP contribution is -2.39. The zero-order valence-electron chi connectivity index (χ0n) is 16.7. The Balaban J connectivity index is 1.62. The van der Waals surface area contributed by atoms with Crippen molar-refractivity contribution in [2.45, 2.75) is 39.2 Å². The number of nitrogens with one attached hydrogen (secondary N) is 2. The summed E-state index contributed by atoms with van der Waals surface area (Å²) >= 11 is 1.75. The standard InChI is InChI=1S/C21H28FN3O2S/c1-4-23-20(25-13-21(2,3)18-6-5-9-28-18)24-8-7-15-10-17(22)11-16-12-26-14-27-19(15)16/h5-6,9-11H,4,7-8,12-14H2,1-3H3,(H2,23,24,25). The third kappa shape index (κ3) is 5.23. The molecule has 1 aliphatic heterocycles. The van der Waals surface area contributed by atoms with Gasteiger partial charge in [-0.15, -0.1) is 11.3 Å². The summed E-state index contributed by atoms with van der Waals surface area (Å²) in [5.74, 6) is 1.25. The largest absolute Gasteiger partial charge is 0.467 e. The van der Waals surface area contributed by atoms with E-state index in [1.165, 1.54) is 17.0 Å². The molecule has 28 heavy (non-hydrogen) atoms. The first-order valence-electron chi connectivity index (χ1n) is 9.57. The monoisotopic (exact) mass is 405 g/mol. The number of aliphatic imine (C=N–C) groups is 1. The van der Waals surface area contributed by atoms with Gasteiger partial charge in [-0.1, -0.05) is 19.9 Å². The lowest BCUT2D eigenvalue weighted by Gasteiger charge is -2.22. The molecule has 0 saturated heterocycles. The maximum Gasteiger partial charge on any atom is 0.191 e. The highest BCUT2D eigenvalue weighted by Crippen LogP contribution is 2.30. The molecule has 2 heterocycles. The summed E-state index contributed by atoms with van der Waals surface area (Å²) in [6, 6.07) is 7.23. The summed E-state index contributed by atoms with van der Waals surface area (Å²) in [5.41, 5.74) is 1.59. The summed E-state index contributed by atoms with van der Waals surface area (Å²) in [5, 5.41) is 8.72. The molecule has 0 spiro atoms. The second kappa shape index (κ2) is 9.39. The topological polar surface area (TPSA) is 54.9 Å². The van der Waals surface area contributed by atoms with Gasteiger partial charge in [-0.2, -0.15) is 0 Å². The second-order valence-corrected chi connectivity index (χ2v) is 8.34. The Kier molecular flexibility index (Phi) is 6.91. The van der Waals surface area contributed by atoms with Crippen LogP contribution in [-0.4, -0.2) is 32.4 Å². The van der Waals surface area contributed by atoms with Crippen LogP contribution in [0.15, 0.2) is 34.6 Å². The van der Waals surface area contributed by atoms with Crippen molar-refractivity contribution in [1.29, 1.82) is 0 Å². The molecule has 0 unspecified atom stereocenters. The molecular weight excluding hydrogens is 377 g/mol. The van der Waals surface area contributed by atoms with Crippen LogP contribution in [0.4, 0.5) is 4.39 Å². The molecule has 5 nitrogen and oxygen atoms in total. The third-order valence-corrected chi connectivity index (χ3v) is 5.84. The van der Waals surface area contributed by atoms with Gasteiger partial charge < -0.3 is 20.1 Å². The number of hydrogen-bond donors (Lipinski definition) is 2. The van der Waals surface area contributed by atoms with Crippen molar-refractivity contribution in [2.75, 3.05) is 26.4 Å². The van der Waals surface area contributed by atoms with Gasteiger partial charge in [0.1, 0.15) is 11.6 Å². The average Bonchev–Trinajstić information content (AvgIpc) is 3.22. The molecule has 2 aromatic rings. The Hall–Kier alpha value is -2.12. The molecule has 2 N–H and O–H groups in total. The lowest BCUT2D eigenvalue weighted by molar-refractivity contribution is -0.0172. The highest BCUT2D eigenvalue weighted by atomic mass is 32.1. The molecule has 0 bridgehead atoms. The molecule has 0 saturated carbocycles. The van der Waals surface area contributed by atoms with E-state index in [4.69, 9.17) is 14.5 Å². The van der Waals surface area contributed by atoms with E-state index in [1.807, 2.05) is 6.92 Å². The molecular formula is C21H28FN3O2S. The smallest absolute Gasteiger partial charge is 0.191 e. The number of nitrogens with zero attached hydrogens (tertiary/aromatic N) is 1. The van der Waals surface area contributed by atoms with Crippen LogP contribution in [0.5, 0.6) is 5.75 Å². The predicted molar refractivity (Wildman–Crippen MR) is 112 cm³/mol. The molecule has 0 fully saturated rings. The van der Waals surface area contributed by atoms with Crippen molar-refractivity contribution in [3.63, 3.8) is 0 Å². The summed E-state index contributed by atoms with van der Waals surface area (Å²) in [6.45, 7) is 9.12. The summed E-state index contributed by atoms with van der Waals surface area (Å²) < 4.78 is 24.7. The van der Waals surface area contributed by atoms with Gasteiger partial charge in [0.15, 0.2) is 12.8 Å². The summed E-state index contributed by atoms with van der Waals surface area (Å²) in [4.78, 5) is 6.07. The molecule has 1 aliphatic rings. The fraction of sp³-hybridized carbons (Fsp3) is 0.476. The lowest BCUT2D eigenvalue weighted by atomic mass is 9.92. The predicted octanol–water partition coefficient (Wildman–Crippen LogP) is 3.83. The van der Waals surface area contributed by atoms with Gasteiger partial charge in [0, 0.05) is 28.9 Å². The van der Waals surface area contributed by atoms with Gasteiger partial charge in [-0.25, -0.2) is 4.39 Å². The number of benzene rings is 1. The molecule has 7 heteroatoms. The van der Waals surface area contributed by atoms with Gasteiger partial charge >= 0.3 is 0 Å². The van der Waals surface area contributed by atoms with Gasteiger partial charge in [-0.3, -0.25) is 4.99 Å². The van der Waals surface area contributed by atoms with Crippen molar-refractivity contribution >= 4 is 17.3 Å². The van der Waals surface area contributed by atoms with Crippen molar-refractivity contribution in [2.24, 2.45) is 4.99 Å². The SMILES string of the molecule is CCNC(=NCC(C)(C)c1cccs1)NCCc1cc(F)cc2c1OCOC2. The molecule has 1 aromatic carbocycles. The van der Waals surface area contributed by atoms with Crippen LogP contribution >= 0.6 is 11.3 Å². The van der Waals surface area contributed by atoms with Crippen molar-refractivity contribution in [1.82, 2.24) is 10.6 Å². The molecule has 1 aromatic heterocycles. The summed E-state index contributed by atoms with van der Waals surface area (Å²) in [6.07, 6.45) is 0.638. The van der Waals surface area contributed by atoms with E-state index in [2.05, 4.69) is 42.0 Å². The van der Waals surface area contributed by atoms with Crippen LogP contribution in [-0.2, 0) is 23.2 Å². The molecule has 0 amide bonds. The molecule has 152 valence electrons. The molecule has 0 atom stereocenters. The van der Waals surface area contributed by atoms with Crippen molar-refractivity contribution < 1.29 is 13.9 Å². The van der Waals surface area contributed by atoms with E-state index in [0.29, 0.717) is 26.1 Å². The maximum atomic E-state index is 13.9. The number of rotatable bonds is 7. The minimum absolute atomic E-state index is 0.0218. The van der Waals surface area contributed by atoms with Crippen LogP contribution in [0.1, 0.15) is 36.8 Å². The van der Waals surface area contributed by atoms with Gasteiger partial charge in [0.2, 0.25) is 0 Å². The second-order valence-electron chi connectivity index (χ2n) is 7.40. The number of thiophene rings is 1. The van der Waals surface area contributed by atoms with Crippen LogP contribution in [0.2, 0.25) is 0 Å². The number of fused-ring (bicyclic) bond motifs is 1. The van der Waals surface area contributed by atoms with E-state index in [0.717, 1.165) is 29.4 Å². The zero-order valence-corrected chi connectivity index (χ0v) is 17.5. The fourth-order valence-corrected chi connectivity index (χ4v) is 3.96.